The number of rotatable bonds is 11. The fourth-order valence-electron chi connectivity index (χ4n) is 3.88. The highest BCUT2D eigenvalue weighted by molar-refractivity contribution is 5.78. The maximum atomic E-state index is 15.0. The summed E-state index contributed by atoms with van der Waals surface area (Å²) in [5.74, 6) is -0.487. The van der Waals surface area contributed by atoms with E-state index in [9.17, 15) is 4.79 Å². The summed E-state index contributed by atoms with van der Waals surface area (Å²) in [5.41, 5.74) is 1.65. The van der Waals surface area contributed by atoms with Gasteiger partial charge in [0.15, 0.2) is 0 Å². The monoisotopic (exact) mass is 457 g/mol. The van der Waals surface area contributed by atoms with Crippen LogP contribution in [0.4, 0.5) is 10.1 Å². The predicted molar refractivity (Wildman–Crippen MR) is 127 cm³/mol. The van der Waals surface area contributed by atoms with Gasteiger partial charge in [-0.3, -0.25) is 4.99 Å². The third-order valence-corrected chi connectivity index (χ3v) is 5.54. The number of carbonyl (C=O) groups excluding carboxylic acids is 1. The Kier molecular flexibility index (Phi) is 9.35. The second-order valence-electron chi connectivity index (χ2n) is 7.90. The van der Waals surface area contributed by atoms with Crippen LogP contribution < -0.4 is 15.4 Å². The van der Waals surface area contributed by atoms with Crippen molar-refractivity contribution in [1.29, 1.82) is 0 Å². The Morgan fingerprint density at radius 2 is 2.12 bits per heavy atom. The van der Waals surface area contributed by atoms with Crippen molar-refractivity contribution >= 4 is 23.9 Å². The third kappa shape index (κ3) is 6.83. The summed E-state index contributed by atoms with van der Waals surface area (Å²) >= 11 is 0. The van der Waals surface area contributed by atoms with Gasteiger partial charge in [0, 0.05) is 62.1 Å². The number of hydrogen-bond acceptors (Lipinski definition) is 7. The smallest absolute Gasteiger partial charge is 0.138 e. The summed E-state index contributed by atoms with van der Waals surface area (Å²) in [6.45, 7) is 7.92. The minimum Gasteiger partial charge on any atom is -0.491 e. The molecule has 0 aromatic heterocycles. The highest BCUT2D eigenvalue weighted by atomic mass is 19.1. The van der Waals surface area contributed by atoms with Crippen LogP contribution in [0.1, 0.15) is 25.3 Å². The molecule has 1 aromatic carbocycles. The van der Waals surface area contributed by atoms with E-state index in [2.05, 4.69) is 22.2 Å². The molecule has 0 spiro atoms. The molecule has 2 atom stereocenters. The van der Waals surface area contributed by atoms with Gasteiger partial charge in [-0.05, 0) is 31.9 Å². The molecule has 2 aliphatic rings. The van der Waals surface area contributed by atoms with Gasteiger partial charge >= 0.3 is 0 Å². The molecule has 3 rings (SSSR count). The maximum absolute atomic E-state index is 15.0. The van der Waals surface area contributed by atoms with Gasteiger partial charge in [-0.1, -0.05) is 12.7 Å². The summed E-state index contributed by atoms with van der Waals surface area (Å²) in [7, 11) is 1.57. The molecule has 8 heteroatoms. The number of aliphatic imine (C=N–C) groups is 1. The minimum atomic E-state index is -0.505. The number of allylic oxidation sites excluding steroid dienone is 1. The molecular formula is C25H32FN3O4. The molecule has 0 bridgehead atoms. The standard InChI is InChI=1S/C25H32FN3O4/c1-4-27-24-15-21(33-12-11-31-3)14-22(26)25(24)17(2)28-20-5-6-23(18(13-20)16-30)29-19-7-9-32-10-8-19/h4-6,13-16,18-19,23,28-29H,2,7-12H2,1,3H3. The number of carbonyl (C=O) groups is 1. The fourth-order valence-corrected chi connectivity index (χ4v) is 3.88. The van der Waals surface area contributed by atoms with Crippen molar-refractivity contribution in [3.05, 3.63) is 54.0 Å². The van der Waals surface area contributed by atoms with E-state index in [1.54, 1.807) is 26.3 Å². The molecule has 178 valence electrons. The van der Waals surface area contributed by atoms with E-state index in [4.69, 9.17) is 14.2 Å². The Morgan fingerprint density at radius 3 is 2.82 bits per heavy atom. The highest BCUT2D eigenvalue weighted by Crippen LogP contribution is 2.33. The zero-order valence-electron chi connectivity index (χ0n) is 19.2. The van der Waals surface area contributed by atoms with Crippen molar-refractivity contribution in [3.63, 3.8) is 0 Å². The van der Waals surface area contributed by atoms with Crippen LogP contribution in [0.2, 0.25) is 0 Å². The van der Waals surface area contributed by atoms with Crippen LogP contribution in [-0.4, -0.2) is 58.1 Å². The van der Waals surface area contributed by atoms with Crippen LogP contribution in [0.25, 0.3) is 5.70 Å². The molecule has 1 aliphatic heterocycles. The quantitative estimate of drug-likeness (QED) is 0.301. The van der Waals surface area contributed by atoms with E-state index < -0.39 is 5.82 Å². The first-order valence-corrected chi connectivity index (χ1v) is 11.1. The lowest BCUT2D eigenvalue weighted by molar-refractivity contribution is -0.110. The molecule has 0 amide bonds. The Bertz CT molecular complexity index is 922. The lowest BCUT2D eigenvalue weighted by atomic mass is 9.93. The molecule has 1 aliphatic carbocycles. The average molecular weight is 458 g/mol. The highest BCUT2D eigenvalue weighted by Gasteiger charge is 2.25. The van der Waals surface area contributed by atoms with Crippen LogP contribution in [-0.2, 0) is 14.3 Å². The van der Waals surface area contributed by atoms with Crippen molar-refractivity contribution in [2.45, 2.75) is 31.8 Å². The van der Waals surface area contributed by atoms with Crippen LogP contribution in [0, 0.1) is 11.7 Å². The van der Waals surface area contributed by atoms with Gasteiger partial charge in [-0.15, -0.1) is 0 Å². The third-order valence-electron chi connectivity index (χ3n) is 5.54. The van der Waals surface area contributed by atoms with Gasteiger partial charge in [0.1, 0.15) is 24.5 Å². The second kappa shape index (κ2) is 12.4. The first kappa shape index (κ1) is 24.8. The molecule has 0 radical (unpaired) electrons. The molecule has 2 unspecified atom stereocenters. The SMILES string of the molecule is C=C(NC1=CC(C=O)C(NC2CCOCC2)C=C1)c1c(F)cc(OCCOC)cc1N=CC. The minimum absolute atomic E-state index is 0.0927. The van der Waals surface area contributed by atoms with Crippen LogP contribution in [0.15, 0.2) is 47.6 Å². The van der Waals surface area contributed by atoms with Gasteiger partial charge in [0.2, 0.25) is 0 Å². The number of methoxy groups -OCH3 is 1. The number of aldehydes is 1. The van der Waals surface area contributed by atoms with Crippen LogP contribution >= 0.6 is 0 Å². The molecular weight excluding hydrogens is 425 g/mol. The molecule has 0 saturated carbocycles. The molecule has 7 nitrogen and oxygen atoms in total. The zero-order valence-corrected chi connectivity index (χ0v) is 19.2. The first-order chi connectivity index (χ1) is 16.0. The van der Waals surface area contributed by atoms with E-state index in [0.29, 0.717) is 42.1 Å². The van der Waals surface area contributed by atoms with Gasteiger partial charge in [0.05, 0.1) is 23.8 Å². The Labute approximate surface area is 194 Å². The number of nitrogens with zero attached hydrogens (tertiary/aromatic N) is 1. The number of nitrogens with one attached hydrogen (secondary N) is 2. The number of ether oxygens (including phenoxy) is 3. The van der Waals surface area contributed by atoms with Gasteiger partial charge in [-0.25, -0.2) is 4.39 Å². The van der Waals surface area contributed by atoms with Crippen molar-refractivity contribution in [2.75, 3.05) is 33.5 Å². The Morgan fingerprint density at radius 1 is 1.33 bits per heavy atom. The van der Waals surface area contributed by atoms with Crippen molar-refractivity contribution in [3.8, 4) is 5.75 Å². The number of hydrogen-bond donors (Lipinski definition) is 2. The molecule has 33 heavy (non-hydrogen) atoms. The summed E-state index contributed by atoms with van der Waals surface area (Å²) < 4.78 is 30.9. The van der Waals surface area contributed by atoms with E-state index in [1.807, 2.05) is 18.2 Å². The van der Waals surface area contributed by atoms with Crippen molar-refractivity contribution in [1.82, 2.24) is 10.6 Å². The number of benzene rings is 1. The van der Waals surface area contributed by atoms with Gasteiger partial charge in [-0.2, -0.15) is 0 Å². The molecule has 2 N–H and O–H groups in total. The zero-order chi connectivity index (χ0) is 23.6. The average Bonchev–Trinajstić information content (AvgIpc) is 2.81. The van der Waals surface area contributed by atoms with Gasteiger partial charge in [0.25, 0.3) is 0 Å². The summed E-state index contributed by atoms with van der Waals surface area (Å²) in [5, 5.41) is 6.67. The van der Waals surface area contributed by atoms with E-state index >= 15 is 4.39 Å². The summed E-state index contributed by atoms with van der Waals surface area (Å²) in [6.07, 6.45) is 10.0. The molecule has 1 aromatic rings. The molecule has 1 heterocycles. The Hall–Kier alpha value is -2.81. The predicted octanol–water partition coefficient (Wildman–Crippen LogP) is 3.54. The lowest BCUT2D eigenvalue weighted by Crippen LogP contribution is -2.45. The topological polar surface area (TPSA) is 81.2 Å². The summed E-state index contributed by atoms with van der Waals surface area (Å²) in [6, 6.07) is 3.19. The summed E-state index contributed by atoms with van der Waals surface area (Å²) in [4.78, 5) is 16.0. The Balaban J connectivity index is 1.72. The molecule has 1 saturated heterocycles. The van der Waals surface area contributed by atoms with Crippen LogP contribution in [0.5, 0.6) is 5.75 Å². The van der Waals surface area contributed by atoms with E-state index in [1.165, 1.54) is 6.07 Å². The van der Waals surface area contributed by atoms with Crippen molar-refractivity contribution < 1.29 is 23.4 Å². The second-order valence-corrected chi connectivity index (χ2v) is 7.90. The molecule has 1 fully saturated rings. The lowest BCUT2D eigenvalue weighted by Gasteiger charge is -2.31. The van der Waals surface area contributed by atoms with Crippen LogP contribution in [0.3, 0.4) is 0 Å². The largest absolute Gasteiger partial charge is 0.491 e. The van der Waals surface area contributed by atoms with Crippen molar-refractivity contribution in [2.24, 2.45) is 10.9 Å². The first-order valence-electron chi connectivity index (χ1n) is 11.1. The maximum Gasteiger partial charge on any atom is 0.138 e. The fraction of sp³-hybridized carbons (Fsp3) is 0.440. The van der Waals surface area contributed by atoms with E-state index in [0.717, 1.165) is 32.3 Å². The normalized spacial score (nSPS) is 21.1. The number of halogens is 1. The van der Waals surface area contributed by atoms with Gasteiger partial charge < -0.3 is 29.6 Å². The van der Waals surface area contributed by atoms with E-state index in [-0.39, 0.29) is 17.5 Å².